The lowest BCUT2D eigenvalue weighted by Crippen LogP contribution is -2.56. The highest BCUT2D eigenvalue weighted by molar-refractivity contribution is 6.84. The molecule has 81 heavy (non-hydrogen) atoms. The van der Waals surface area contributed by atoms with Gasteiger partial charge in [0.25, 0.3) is 0 Å². The Morgan fingerprint density at radius 3 is 0.877 bits per heavy atom. The summed E-state index contributed by atoms with van der Waals surface area (Å²) in [5.41, 5.74) is 1.73. The van der Waals surface area contributed by atoms with Gasteiger partial charge in [0.05, 0.1) is 22.3 Å². The summed E-state index contributed by atoms with van der Waals surface area (Å²) < 4.78 is 59.6. The van der Waals surface area contributed by atoms with Gasteiger partial charge < -0.3 is 45.5 Å². The minimum atomic E-state index is -2.92. The topological polar surface area (TPSA) is 195 Å². The SMILES string of the molecule is C=C(C)C(=O)Oc1ccc(C(=O)Oc2ccc(OC(=O)c3ccc(O[Si](C)(C)O[Si](C)(C)O[Si](C)(C)Oc4ccc(C(=O)Oc5ccc(OC(=O)c6ccc(OC(=O)C(=C)C)cc6)cc5C(C)(C)C)cc4)cc3)c(C(C)(C)C)c2)cc1. The Balaban J connectivity index is 1.01. The fraction of sp³-hybridized carbons (Fsp3) is 0.258. The molecule has 0 bridgehead atoms. The molecule has 0 spiro atoms. The Labute approximate surface area is 476 Å². The van der Waals surface area contributed by atoms with Gasteiger partial charge in [-0.15, -0.1) is 0 Å². The van der Waals surface area contributed by atoms with Gasteiger partial charge in [0.15, 0.2) is 0 Å². The predicted octanol–water partition coefficient (Wildman–Crippen LogP) is 13.7. The second-order valence-corrected chi connectivity index (χ2v) is 32.9. The molecule has 0 radical (unpaired) electrons. The van der Waals surface area contributed by atoms with Crippen LogP contribution in [0.3, 0.4) is 0 Å². The van der Waals surface area contributed by atoms with Crippen molar-refractivity contribution in [3.05, 3.63) is 191 Å². The molecule has 0 fully saturated rings. The number of hydrogen-bond donors (Lipinski definition) is 0. The maximum Gasteiger partial charge on any atom is 0.383 e. The average Bonchev–Trinajstić information content (AvgIpc) is 3.43. The Morgan fingerprint density at radius 2 is 0.605 bits per heavy atom. The first-order valence-electron chi connectivity index (χ1n) is 25.8. The predicted molar refractivity (Wildman–Crippen MR) is 313 cm³/mol. The van der Waals surface area contributed by atoms with Crippen LogP contribution in [-0.2, 0) is 28.6 Å². The number of hydrogen-bond acceptors (Lipinski definition) is 16. The van der Waals surface area contributed by atoms with Gasteiger partial charge in [-0.05, 0) is 197 Å². The van der Waals surface area contributed by atoms with Crippen molar-refractivity contribution in [3.8, 4) is 46.0 Å². The minimum absolute atomic E-state index is 0.235. The Kier molecular flexibility index (Phi) is 19.2. The van der Waals surface area contributed by atoms with Crippen LogP contribution in [0.2, 0.25) is 39.3 Å². The van der Waals surface area contributed by atoms with Crippen LogP contribution in [0, 0.1) is 0 Å². The Hall–Kier alpha value is -8.21. The van der Waals surface area contributed by atoms with Gasteiger partial charge in [0, 0.05) is 22.3 Å². The molecule has 19 heteroatoms. The fourth-order valence-electron chi connectivity index (χ4n) is 7.98. The summed E-state index contributed by atoms with van der Waals surface area (Å²) in [7, 11) is -8.75. The molecule has 0 N–H and O–H groups in total. The molecule has 0 saturated heterocycles. The van der Waals surface area contributed by atoms with Crippen LogP contribution >= 0.6 is 0 Å². The lowest BCUT2D eigenvalue weighted by molar-refractivity contribution is -0.130. The third-order valence-electron chi connectivity index (χ3n) is 11.5. The normalized spacial score (nSPS) is 11.8. The molecule has 0 amide bonds. The summed E-state index contributed by atoms with van der Waals surface area (Å²) in [6.07, 6.45) is 0. The van der Waals surface area contributed by atoms with Crippen molar-refractivity contribution in [3.63, 3.8) is 0 Å². The van der Waals surface area contributed by atoms with E-state index in [1.807, 2.05) is 80.8 Å². The molecular weight excluding hydrogens is 1080 g/mol. The van der Waals surface area contributed by atoms with Crippen LogP contribution in [0.5, 0.6) is 46.0 Å². The maximum atomic E-state index is 13.5. The van der Waals surface area contributed by atoms with Crippen molar-refractivity contribution in [2.45, 2.75) is 106 Å². The molecule has 6 aromatic rings. The molecule has 0 saturated carbocycles. The molecule has 0 aliphatic heterocycles. The van der Waals surface area contributed by atoms with Crippen LogP contribution in [0.15, 0.2) is 158 Å². The molecule has 6 aromatic carbocycles. The molecule has 0 aromatic heterocycles. The summed E-state index contributed by atoms with van der Waals surface area (Å²) in [4.78, 5) is 76.8. The zero-order valence-corrected chi connectivity index (χ0v) is 51.1. The van der Waals surface area contributed by atoms with Crippen LogP contribution < -0.4 is 37.3 Å². The molecule has 0 heterocycles. The van der Waals surface area contributed by atoms with Crippen molar-refractivity contribution >= 4 is 61.5 Å². The van der Waals surface area contributed by atoms with Crippen molar-refractivity contribution in [1.29, 1.82) is 0 Å². The molecule has 0 aliphatic rings. The van der Waals surface area contributed by atoms with E-state index in [0.29, 0.717) is 34.1 Å². The third kappa shape index (κ3) is 17.9. The van der Waals surface area contributed by atoms with Crippen molar-refractivity contribution in [1.82, 2.24) is 0 Å². The molecule has 0 unspecified atom stereocenters. The third-order valence-corrected chi connectivity index (χ3v) is 20.9. The van der Waals surface area contributed by atoms with Gasteiger partial charge in [0.2, 0.25) is 0 Å². The van der Waals surface area contributed by atoms with Gasteiger partial charge >= 0.3 is 61.5 Å². The van der Waals surface area contributed by atoms with Crippen LogP contribution in [0.25, 0.3) is 0 Å². The monoisotopic (exact) mass is 1150 g/mol. The van der Waals surface area contributed by atoms with E-state index in [0.717, 1.165) is 0 Å². The van der Waals surface area contributed by atoms with Crippen molar-refractivity contribution in [2.24, 2.45) is 0 Å². The standard InChI is InChI=1S/C62H68O16Si3/c1-39(2)55(63)69-45-25-17-41(18-26-45)57(65)71-49-33-35-53(51(37-49)61(5,6)7)73-59(67)43-21-29-47(30-22-43)75-79(11,12)77-81(15,16)78-80(13,14)76-48-31-23-44(24-32-48)60(68)74-54-36-34-50(38-52(54)62(8,9)10)72-58(66)42-19-27-46(28-20-42)70-56(64)40(3)4/h17-38H,1,3H2,2,4-16H3. The van der Waals surface area contributed by atoms with Gasteiger partial charge in [-0.25, -0.2) is 28.8 Å². The molecule has 6 rings (SSSR count). The van der Waals surface area contributed by atoms with E-state index in [1.54, 1.807) is 84.9 Å². The van der Waals surface area contributed by atoms with Gasteiger partial charge in [-0.2, -0.15) is 0 Å². The highest BCUT2D eigenvalue weighted by atomic mass is 28.5. The minimum Gasteiger partial charge on any atom is -0.521 e. The summed E-state index contributed by atoms with van der Waals surface area (Å²) in [6.45, 7) is 33.3. The summed E-state index contributed by atoms with van der Waals surface area (Å²) in [5.74, 6) is -1.05. The summed E-state index contributed by atoms with van der Waals surface area (Å²) in [6, 6.07) is 34.6. The molecular formula is C62H68O16Si3. The quantitative estimate of drug-likeness (QED) is 0.0303. The number of rotatable bonds is 20. The number of benzene rings is 6. The van der Waals surface area contributed by atoms with Crippen LogP contribution in [0.1, 0.15) is 108 Å². The van der Waals surface area contributed by atoms with E-state index < -0.39 is 72.3 Å². The van der Waals surface area contributed by atoms with E-state index in [-0.39, 0.29) is 56.4 Å². The molecule has 0 aliphatic carbocycles. The smallest absolute Gasteiger partial charge is 0.383 e. The first-order chi connectivity index (χ1) is 37.7. The maximum absolute atomic E-state index is 13.5. The second-order valence-electron chi connectivity index (χ2n) is 22.4. The Morgan fingerprint density at radius 1 is 0.346 bits per heavy atom. The zero-order valence-electron chi connectivity index (χ0n) is 48.1. The largest absolute Gasteiger partial charge is 0.521 e. The number of ether oxygens (including phenoxy) is 6. The van der Waals surface area contributed by atoms with Crippen LogP contribution in [-0.4, -0.2) is 61.5 Å². The zero-order chi connectivity index (χ0) is 59.8. The lowest BCUT2D eigenvalue weighted by Gasteiger charge is -2.37. The summed E-state index contributed by atoms with van der Waals surface area (Å²) in [5, 5.41) is 0. The average molecular weight is 1150 g/mol. The highest BCUT2D eigenvalue weighted by Crippen LogP contribution is 2.37. The molecule has 0 atom stereocenters. The first kappa shape index (κ1) is 62.0. The van der Waals surface area contributed by atoms with Gasteiger partial charge in [-0.1, -0.05) is 54.7 Å². The number of esters is 6. The van der Waals surface area contributed by atoms with Crippen molar-refractivity contribution < 1.29 is 74.3 Å². The van der Waals surface area contributed by atoms with Gasteiger partial charge in [0.1, 0.15) is 46.0 Å². The van der Waals surface area contributed by atoms with E-state index >= 15 is 0 Å². The number of carbonyl (C=O) groups is 6. The fourth-order valence-corrected chi connectivity index (χ4v) is 19.7. The van der Waals surface area contributed by atoms with E-state index in [4.69, 9.17) is 45.5 Å². The van der Waals surface area contributed by atoms with E-state index in [2.05, 4.69) is 13.2 Å². The Bertz CT molecular complexity index is 3130. The molecule has 16 nitrogen and oxygen atoms in total. The van der Waals surface area contributed by atoms with Crippen molar-refractivity contribution in [2.75, 3.05) is 0 Å². The highest BCUT2D eigenvalue weighted by Gasteiger charge is 2.44. The van der Waals surface area contributed by atoms with E-state index in [9.17, 15) is 28.8 Å². The van der Waals surface area contributed by atoms with E-state index in [1.165, 1.54) is 62.4 Å². The van der Waals surface area contributed by atoms with Crippen LogP contribution in [0.4, 0.5) is 0 Å². The second kappa shape index (κ2) is 25.1. The first-order valence-corrected chi connectivity index (χ1v) is 34.2. The van der Waals surface area contributed by atoms with Gasteiger partial charge in [-0.3, -0.25) is 0 Å². The lowest BCUT2D eigenvalue weighted by atomic mass is 9.86. The molecule has 424 valence electrons. The summed E-state index contributed by atoms with van der Waals surface area (Å²) >= 11 is 0. The number of carbonyl (C=O) groups excluding carboxylic acids is 6.